The number of hydrogen-bond acceptors (Lipinski definition) is 4. The van der Waals surface area contributed by atoms with Crippen molar-refractivity contribution in [3.05, 3.63) is 175 Å². The molecule has 0 saturated carbocycles. The van der Waals surface area contributed by atoms with Crippen molar-refractivity contribution < 1.29 is 0 Å². The van der Waals surface area contributed by atoms with E-state index in [1.807, 2.05) is 36.5 Å². The number of fused-ring (bicyclic) bond motifs is 4. The fraction of sp³-hybridized carbons (Fsp3) is 0.154. The van der Waals surface area contributed by atoms with Crippen LogP contribution in [0.5, 0.6) is 0 Å². The lowest BCUT2D eigenvalue weighted by molar-refractivity contribution is 0.332. The number of aromatic nitrogens is 5. The van der Waals surface area contributed by atoms with Crippen LogP contribution < -0.4 is 0 Å². The number of benzene rings is 6. The second kappa shape index (κ2) is 13.5. The quantitative estimate of drug-likeness (QED) is 0.170. The summed E-state index contributed by atoms with van der Waals surface area (Å²) in [5, 5.41) is 2.48. The Kier molecular flexibility index (Phi) is 8.22. The molecule has 6 aromatic carbocycles. The molecular weight excluding hydrogens is 695 g/mol. The van der Waals surface area contributed by atoms with Crippen molar-refractivity contribution in [2.75, 3.05) is 0 Å². The molecule has 3 aromatic heterocycles. The van der Waals surface area contributed by atoms with Gasteiger partial charge in [-0.2, -0.15) is 0 Å². The number of hydrogen-bond donors (Lipinski definition) is 0. The minimum Gasteiger partial charge on any atom is -0.309 e. The van der Waals surface area contributed by atoms with Crippen LogP contribution in [0.3, 0.4) is 0 Å². The average Bonchev–Trinajstić information content (AvgIpc) is 3.60. The van der Waals surface area contributed by atoms with Crippen molar-refractivity contribution in [3.63, 3.8) is 0 Å². The molecule has 0 saturated heterocycles. The molecule has 0 fully saturated rings. The highest BCUT2D eigenvalue weighted by Gasteiger charge is 2.37. The normalized spacial score (nSPS) is 14.5. The van der Waals surface area contributed by atoms with E-state index in [0.29, 0.717) is 17.5 Å². The smallest absolute Gasteiger partial charge is 0.164 e. The first-order valence-electron chi connectivity index (χ1n) is 19.8. The van der Waals surface area contributed by atoms with Gasteiger partial charge in [0.1, 0.15) is 0 Å². The van der Waals surface area contributed by atoms with Gasteiger partial charge in [-0.3, -0.25) is 4.98 Å². The predicted molar refractivity (Wildman–Crippen MR) is 234 cm³/mol. The predicted octanol–water partition coefficient (Wildman–Crippen LogP) is 13.0. The molecule has 0 aliphatic heterocycles. The lowest BCUT2D eigenvalue weighted by Crippen LogP contribution is -2.33. The minimum absolute atomic E-state index is 0.0904. The van der Waals surface area contributed by atoms with Crippen LogP contribution in [0.4, 0.5) is 0 Å². The second-order valence-electron chi connectivity index (χ2n) is 16.6. The Balaban J connectivity index is 1.13. The Morgan fingerprint density at radius 3 is 1.60 bits per heavy atom. The largest absolute Gasteiger partial charge is 0.309 e. The fourth-order valence-corrected chi connectivity index (χ4v) is 8.68. The SMILES string of the molecule is CC1(C)CCC(C)(C)c2cc(-c3cc(-c4ccccn4)cc(-c4nc(-c5ccccc5)nc(-c5ccc(-n6c7ccccc7c7ccccc76)cc5)n4)c3)ccc21. The second-order valence-corrected chi connectivity index (χ2v) is 16.6. The van der Waals surface area contributed by atoms with Crippen LogP contribution in [0.15, 0.2) is 164 Å². The minimum atomic E-state index is 0.0904. The summed E-state index contributed by atoms with van der Waals surface area (Å²) < 4.78 is 2.33. The Morgan fingerprint density at radius 1 is 0.421 bits per heavy atom. The van der Waals surface area contributed by atoms with Crippen molar-refractivity contribution >= 4 is 21.8 Å². The van der Waals surface area contributed by atoms with Crippen LogP contribution in [-0.4, -0.2) is 24.5 Å². The van der Waals surface area contributed by atoms with Crippen LogP contribution in [0, 0.1) is 0 Å². The molecule has 0 amide bonds. The van der Waals surface area contributed by atoms with Gasteiger partial charge in [0, 0.05) is 44.9 Å². The molecule has 276 valence electrons. The summed E-state index contributed by atoms with van der Waals surface area (Å²) in [7, 11) is 0. The molecule has 0 spiro atoms. The van der Waals surface area contributed by atoms with Crippen molar-refractivity contribution in [1.82, 2.24) is 24.5 Å². The van der Waals surface area contributed by atoms with Crippen molar-refractivity contribution in [2.24, 2.45) is 0 Å². The first-order valence-corrected chi connectivity index (χ1v) is 19.8. The molecule has 5 heteroatoms. The lowest BCUT2D eigenvalue weighted by Gasteiger charge is -2.42. The van der Waals surface area contributed by atoms with Crippen LogP contribution in [0.25, 0.3) is 84.0 Å². The van der Waals surface area contributed by atoms with Crippen LogP contribution in [-0.2, 0) is 10.8 Å². The van der Waals surface area contributed by atoms with E-state index >= 15 is 0 Å². The van der Waals surface area contributed by atoms with Crippen LogP contribution in [0.2, 0.25) is 0 Å². The van der Waals surface area contributed by atoms with Crippen molar-refractivity contribution in [2.45, 2.75) is 51.4 Å². The van der Waals surface area contributed by atoms with E-state index in [2.05, 4.69) is 160 Å². The molecule has 1 aliphatic carbocycles. The molecule has 0 unspecified atom stereocenters. The van der Waals surface area contributed by atoms with E-state index in [9.17, 15) is 0 Å². The molecule has 57 heavy (non-hydrogen) atoms. The molecule has 5 nitrogen and oxygen atoms in total. The molecule has 1 aliphatic rings. The van der Waals surface area contributed by atoms with Gasteiger partial charge in [0.25, 0.3) is 0 Å². The van der Waals surface area contributed by atoms with Gasteiger partial charge < -0.3 is 4.57 Å². The number of nitrogens with zero attached hydrogens (tertiary/aromatic N) is 5. The topological polar surface area (TPSA) is 56.5 Å². The summed E-state index contributed by atoms with van der Waals surface area (Å²) in [4.78, 5) is 20.2. The fourth-order valence-electron chi connectivity index (χ4n) is 8.68. The zero-order valence-electron chi connectivity index (χ0n) is 32.7. The monoisotopic (exact) mass is 737 g/mol. The van der Waals surface area contributed by atoms with E-state index in [1.54, 1.807) is 0 Å². The zero-order chi connectivity index (χ0) is 38.7. The Bertz CT molecular complexity index is 2890. The highest BCUT2D eigenvalue weighted by Crippen LogP contribution is 2.47. The van der Waals surface area contributed by atoms with Crippen molar-refractivity contribution in [3.8, 4) is 62.2 Å². The Labute approximate surface area is 333 Å². The molecule has 10 rings (SSSR count). The molecule has 0 atom stereocenters. The van der Waals surface area contributed by atoms with E-state index in [1.165, 1.54) is 44.9 Å². The van der Waals surface area contributed by atoms with Crippen LogP contribution in [0.1, 0.15) is 51.7 Å². The van der Waals surface area contributed by atoms with E-state index in [0.717, 1.165) is 45.6 Å². The highest BCUT2D eigenvalue weighted by atomic mass is 15.0. The van der Waals surface area contributed by atoms with Gasteiger partial charge in [-0.1, -0.05) is 119 Å². The van der Waals surface area contributed by atoms with Gasteiger partial charge >= 0.3 is 0 Å². The maximum absolute atomic E-state index is 5.22. The number of pyridine rings is 1. The van der Waals surface area contributed by atoms with Gasteiger partial charge in [-0.25, -0.2) is 15.0 Å². The van der Waals surface area contributed by atoms with Gasteiger partial charge in [0.05, 0.1) is 16.7 Å². The standard InChI is InChI=1S/C52H43N5/c1-51(2)27-28-52(3,4)44-33-36(23-26-43(44)51)37-30-38(45-18-12-13-29-53-45)32-39(31-37)50-55-48(34-14-6-5-7-15-34)54-49(56-50)35-21-24-40(25-22-35)57-46-19-10-8-16-41(46)42-17-9-11-20-47(42)57/h5-26,29-33H,27-28H2,1-4H3. The van der Waals surface area contributed by atoms with Crippen molar-refractivity contribution in [1.29, 1.82) is 0 Å². The molecule has 9 aromatic rings. The van der Waals surface area contributed by atoms with Gasteiger partial charge in [-0.05, 0) is 113 Å². The van der Waals surface area contributed by atoms with E-state index in [4.69, 9.17) is 19.9 Å². The molecule has 0 N–H and O–H groups in total. The maximum atomic E-state index is 5.22. The summed E-state index contributed by atoms with van der Waals surface area (Å²) in [6.45, 7) is 9.52. The average molecular weight is 738 g/mol. The first kappa shape index (κ1) is 34.7. The third-order valence-corrected chi connectivity index (χ3v) is 12.0. The zero-order valence-corrected chi connectivity index (χ0v) is 32.7. The highest BCUT2D eigenvalue weighted by molar-refractivity contribution is 6.09. The van der Waals surface area contributed by atoms with E-state index < -0.39 is 0 Å². The molecule has 0 bridgehead atoms. The lowest BCUT2D eigenvalue weighted by atomic mass is 9.63. The molecule has 3 heterocycles. The molecule has 0 radical (unpaired) electrons. The van der Waals surface area contributed by atoms with Gasteiger partial charge in [0.15, 0.2) is 17.5 Å². The third-order valence-electron chi connectivity index (χ3n) is 12.0. The summed E-state index contributed by atoms with van der Waals surface area (Å²) in [5.41, 5.74) is 13.5. The third kappa shape index (κ3) is 6.20. The molecular formula is C52H43N5. The van der Waals surface area contributed by atoms with Gasteiger partial charge in [-0.15, -0.1) is 0 Å². The Hall–Kier alpha value is -6.72. The summed E-state index contributed by atoms with van der Waals surface area (Å²) in [5.74, 6) is 1.86. The first-order chi connectivity index (χ1) is 27.7. The summed E-state index contributed by atoms with van der Waals surface area (Å²) >= 11 is 0. The Morgan fingerprint density at radius 2 is 0.947 bits per heavy atom. The van der Waals surface area contributed by atoms with Crippen LogP contribution >= 0.6 is 0 Å². The number of rotatable bonds is 6. The summed E-state index contributed by atoms with van der Waals surface area (Å²) in [6.07, 6.45) is 4.19. The van der Waals surface area contributed by atoms with Gasteiger partial charge in [0.2, 0.25) is 0 Å². The summed E-state index contributed by atoms with van der Waals surface area (Å²) in [6, 6.07) is 55.7. The number of para-hydroxylation sites is 2. The maximum Gasteiger partial charge on any atom is 0.164 e. The van der Waals surface area contributed by atoms with E-state index in [-0.39, 0.29) is 10.8 Å².